The Morgan fingerprint density at radius 2 is 2.38 bits per heavy atom. The SMILES string of the molecule is CC1(O)CCN(c2ncnc(NN)c2Br)C1. The van der Waals surface area contributed by atoms with Gasteiger partial charge in [-0.25, -0.2) is 15.8 Å². The summed E-state index contributed by atoms with van der Waals surface area (Å²) in [4.78, 5) is 10.2. The Morgan fingerprint density at radius 3 is 2.94 bits per heavy atom. The van der Waals surface area contributed by atoms with E-state index in [1.54, 1.807) is 0 Å². The van der Waals surface area contributed by atoms with Crippen molar-refractivity contribution >= 4 is 27.6 Å². The number of nitrogens with zero attached hydrogens (tertiary/aromatic N) is 3. The highest BCUT2D eigenvalue weighted by molar-refractivity contribution is 9.10. The summed E-state index contributed by atoms with van der Waals surface area (Å²) in [5, 5.41) is 9.90. The van der Waals surface area contributed by atoms with Crippen LogP contribution in [0, 0.1) is 0 Å². The average molecular weight is 288 g/mol. The molecular weight excluding hydrogens is 274 g/mol. The molecule has 1 aliphatic heterocycles. The molecule has 1 aliphatic rings. The first kappa shape index (κ1) is 11.6. The lowest BCUT2D eigenvalue weighted by Crippen LogP contribution is -2.30. The van der Waals surface area contributed by atoms with Gasteiger partial charge < -0.3 is 15.4 Å². The second-order valence-electron chi connectivity index (χ2n) is 4.17. The van der Waals surface area contributed by atoms with Crippen molar-refractivity contribution < 1.29 is 5.11 Å². The molecule has 1 unspecified atom stereocenters. The second-order valence-corrected chi connectivity index (χ2v) is 4.97. The van der Waals surface area contributed by atoms with E-state index in [0.29, 0.717) is 12.4 Å². The predicted molar refractivity (Wildman–Crippen MR) is 65.0 cm³/mol. The molecule has 88 valence electrons. The predicted octanol–water partition coefficient (Wildman–Crippen LogP) is 0.486. The van der Waals surface area contributed by atoms with Crippen LogP contribution in [0.2, 0.25) is 0 Å². The number of nitrogens with one attached hydrogen (secondary N) is 1. The summed E-state index contributed by atoms with van der Waals surface area (Å²) in [5.41, 5.74) is 1.84. The molecule has 0 spiro atoms. The number of rotatable bonds is 2. The van der Waals surface area contributed by atoms with Gasteiger partial charge in [-0.05, 0) is 29.3 Å². The molecule has 0 saturated carbocycles. The molecule has 6 nitrogen and oxygen atoms in total. The number of aliphatic hydroxyl groups is 1. The van der Waals surface area contributed by atoms with Crippen molar-refractivity contribution in [1.29, 1.82) is 0 Å². The maximum atomic E-state index is 9.90. The summed E-state index contributed by atoms with van der Waals surface area (Å²) in [6, 6.07) is 0. The molecular formula is C9H14BrN5O. The number of nitrogen functional groups attached to an aromatic ring is 1. The molecule has 0 aliphatic carbocycles. The number of halogens is 1. The third kappa shape index (κ3) is 2.11. The summed E-state index contributed by atoms with van der Waals surface area (Å²) < 4.78 is 0.718. The highest BCUT2D eigenvalue weighted by Crippen LogP contribution is 2.33. The first-order valence-corrected chi connectivity index (χ1v) is 5.77. The normalized spacial score (nSPS) is 24.9. The van der Waals surface area contributed by atoms with Crippen molar-refractivity contribution in [2.75, 3.05) is 23.4 Å². The maximum absolute atomic E-state index is 9.90. The standard InChI is InChI=1S/C9H14BrN5O/c1-9(16)2-3-15(4-9)8-6(10)7(14-11)12-5-13-8/h5,16H,2-4,11H2,1H3,(H,12,13,14). The third-order valence-corrected chi connectivity index (χ3v) is 3.39. The van der Waals surface area contributed by atoms with E-state index in [4.69, 9.17) is 5.84 Å². The van der Waals surface area contributed by atoms with Crippen LogP contribution in [-0.2, 0) is 0 Å². The van der Waals surface area contributed by atoms with E-state index in [9.17, 15) is 5.11 Å². The van der Waals surface area contributed by atoms with E-state index in [1.165, 1.54) is 6.33 Å². The van der Waals surface area contributed by atoms with E-state index < -0.39 is 5.60 Å². The van der Waals surface area contributed by atoms with Gasteiger partial charge in [-0.2, -0.15) is 0 Å². The molecule has 1 aromatic heterocycles. The molecule has 1 saturated heterocycles. The fraction of sp³-hybridized carbons (Fsp3) is 0.556. The van der Waals surface area contributed by atoms with Gasteiger partial charge in [0, 0.05) is 13.1 Å². The number of anilines is 2. The Kier molecular flexibility index (Phi) is 3.00. The van der Waals surface area contributed by atoms with Gasteiger partial charge >= 0.3 is 0 Å². The number of β-amino-alcohol motifs (C(OH)–C–C–N with tert-alkyl or cyclic N) is 1. The molecule has 2 rings (SSSR count). The zero-order valence-corrected chi connectivity index (χ0v) is 10.5. The lowest BCUT2D eigenvalue weighted by Gasteiger charge is -2.21. The Labute approximate surface area is 102 Å². The van der Waals surface area contributed by atoms with Crippen LogP contribution in [0.1, 0.15) is 13.3 Å². The Balaban J connectivity index is 2.28. The molecule has 1 fully saturated rings. The summed E-state index contributed by atoms with van der Waals surface area (Å²) in [7, 11) is 0. The minimum Gasteiger partial charge on any atom is -0.388 e. The fourth-order valence-corrected chi connectivity index (χ4v) is 2.38. The van der Waals surface area contributed by atoms with Crippen molar-refractivity contribution in [1.82, 2.24) is 9.97 Å². The molecule has 7 heteroatoms. The lowest BCUT2D eigenvalue weighted by molar-refractivity contribution is 0.0839. The van der Waals surface area contributed by atoms with Crippen LogP contribution < -0.4 is 16.2 Å². The van der Waals surface area contributed by atoms with E-state index in [0.717, 1.165) is 23.3 Å². The monoisotopic (exact) mass is 287 g/mol. The molecule has 0 amide bonds. The second kappa shape index (κ2) is 4.15. The molecule has 4 N–H and O–H groups in total. The van der Waals surface area contributed by atoms with Gasteiger partial charge in [-0.15, -0.1) is 0 Å². The van der Waals surface area contributed by atoms with Crippen LogP contribution in [0.3, 0.4) is 0 Å². The van der Waals surface area contributed by atoms with Gasteiger partial charge in [0.25, 0.3) is 0 Å². The Hall–Kier alpha value is -0.920. The van der Waals surface area contributed by atoms with Crippen LogP contribution in [0.25, 0.3) is 0 Å². The Bertz CT molecular complexity index is 397. The lowest BCUT2D eigenvalue weighted by atomic mass is 10.1. The summed E-state index contributed by atoms with van der Waals surface area (Å²) >= 11 is 3.40. The molecule has 0 bridgehead atoms. The largest absolute Gasteiger partial charge is 0.388 e. The van der Waals surface area contributed by atoms with Crippen molar-refractivity contribution in [2.45, 2.75) is 18.9 Å². The summed E-state index contributed by atoms with van der Waals surface area (Å²) in [5.74, 6) is 6.62. The zero-order valence-electron chi connectivity index (χ0n) is 8.94. The number of aromatic nitrogens is 2. The molecule has 0 aromatic carbocycles. The minimum absolute atomic E-state index is 0.538. The first-order valence-electron chi connectivity index (χ1n) is 4.98. The average Bonchev–Trinajstić information content (AvgIpc) is 2.59. The molecule has 2 heterocycles. The highest BCUT2D eigenvalue weighted by Gasteiger charge is 2.33. The van der Waals surface area contributed by atoms with Crippen molar-refractivity contribution in [3.05, 3.63) is 10.8 Å². The third-order valence-electron chi connectivity index (χ3n) is 2.66. The van der Waals surface area contributed by atoms with E-state index >= 15 is 0 Å². The number of hydrogen-bond acceptors (Lipinski definition) is 6. The van der Waals surface area contributed by atoms with Crippen LogP contribution in [-0.4, -0.2) is 33.8 Å². The van der Waals surface area contributed by atoms with Crippen LogP contribution in [0.5, 0.6) is 0 Å². The van der Waals surface area contributed by atoms with Crippen LogP contribution >= 0.6 is 15.9 Å². The molecule has 0 radical (unpaired) electrons. The number of nitrogens with two attached hydrogens (primary N) is 1. The highest BCUT2D eigenvalue weighted by atomic mass is 79.9. The molecule has 1 atom stereocenters. The van der Waals surface area contributed by atoms with Gasteiger partial charge in [0.15, 0.2) is 5.82 Å². The van der Waals surface area contributed by atoms with E-state index in [-0.39, 0.29) is 0 Å². The van der Waals surface area contributed by atoms with E-state index in [2.05, 4.69) is 31.3 Å². The summed E-state index contributed by atoms with van der Waals surface area (Å²) in [6.07, 6.45) is 2.18. The van der Waals surface area contributed by atoms with E-state index in [1.807, 2.05) is 11.8 Å². The topological polar surface area (TPSA) is 87.3 Å². The molecule has 16 heavy (non-hydrogen) atoms. The number of hydrazine groups is 1. The van der Waals surface area contributed by atoms with Gasteiger partial charge in [0.1, 0.15) is 16.6 Å². The maximum Gasteiger partial charge on any atom is 0.159 e. The summed E-state index contributed by atoms with van der Waals surface area (Å²) in [6.45, 7) is 3.16. The quantitative estimate of drug-likeness (QED) is 0.542. The van der Waals surface area contributed by atoms with Gasteiger partial charge in [-0.1, -0.05) is 0 Å². The van der Waals surface area contributed by atoms with Gasteiger partial charge in [-0.3, -0.25) is 0 Å². The van der Waals surface area contributed by atoms with Crippen molar-refractivity contribution in [3.63, 3.8) is 0 Å². The molecule has 1 aromatic rings. The van der Waals surface area contributed by atoms with Crippen molar-refractivity contribution in [3.8, 4) is 0 Å². The smallest absolute Gasteiger partial charge is 0.159 e. The first-order chi connectivity index (χ1) is 7.53. The van der Waals surface area contributed by atoms with Gasteiger partial charge in [0.05, 0.1) is 5.60 Å². The minimum atomic E-state index is -0.652. The van der Waals surface area contributed by atoms with Crippen molar-refractivity contribution in [2.24, 2.45) is 5.84 Å². The Morgan fingerprint density at radius 1 is 1.62 bits per heavy atom. The van der Waals surface area contributed by atoms with Gasteiger partial charge in [0.2, 0.25) is 0 Å². The number of hydrogen-bond donors (Lipinski definition) is 3. The fourth-order valence-electron chi connectivity index (χ4n) is 1.81. The van der Waals surface area contributed by atoms with Crippen LogP contribution in [0.15, 0.2) is 10.8 Å². The zero-order chi connectivity index (χ0) is 11.8. The van der Waals surface area contributed by atoms with Crippen LogP contribution in [0.4, 0.5) is 11.6 Å².